The molecule has 0 spiro atoms. The fourth-order valence-electron chi connectivity index (χ4n) is 1.75. The summed E-state index contributed by atoms with van der Waals surface area (Å²) in [5.74, 6) is -1.84. The maximum absolute atomic E-state index is 13.1. The molecule has 3 nitrogen and oxygen atoms in total. The van der Waals surface area contributed by atoms with Crippen LogP contribution < -0.4 is 10.6 Å². The van der Waals surface area contributed by atoms with E-state index in [0.717, 1.165) is 12.1 Å². The van der Waals surface area contributed by atoms with Gasteiger partial charge in [-0.15, -0.1) is 0 Å². The highest BCUT2D eigenvalue weighted by atomic mass is 19.2. The molecule has 20 heavy (non-hydrogen) atoms. The second kappa shape index (κ2) is 6.14. The molecule has 2 amide bonds. The number of hydrogen-bond acceptors (Lipinski definition) is 1. The fourth-order valence-corrected chi connectivity index (χ4v) is 1.75. The molecule has 1 unspecified atom stereocenters. The van der Waals surface area contributed by atoms with E-state index in [4.69, 9.17) is 0 Å². The largest absolute Gasteiger partial charge is 0.331 e. The molecule has 0 fully saturated rings. The van der Waals surface area contributed by atoms with Gasteiger partial charge in [0.2, 0.25) is 0 Å². The topological polar surface area (TPSA) is 41.1 Å². The molecule has 0 saturated heterocycles. The molecule has 104 valence electrons. The van der Waals surface area contributed by atoms with Crippen LogP contribution in [0, 0.1) is 11.6 Å². The first-order valence-corrected chi connectivity index (χ1v) is 6.14. The van der Waals surface area contributed by atoms with Crippen LogP contribution in [0.4, 0.5) is 19.3 Å². The lowest BCUT2D eigenvalue weighted by Crippen LogP contribution is -2.31. The van der Waals surface area contributed by atoms with Crippen LogP contribution in [0.2, 0.25) is 0 Å². The summed E-state index contributed by atoms with van der Waals surface area (Å²) >= 11 is 0. The lowest BCUT2D eigenvalue weighted by Gasteiger charge is -2.15. The van der Waals surface area contributed by atoms with Crippen molar-refractivity contribution in [1.82, 2.24) is 5.32 Å². The van der Waals surface area contributed by atoms with Crippen molar-refractivity contribution in [1.29, 1.82) is 0 Å². The van der Waals surface area contributed by atoms with Crippen molar-refractivity contribution >= 4 is 11.7 Å². The molecule has 5 heteroatoms. The maximum Gasteiger partial charge on any atom is 0.319 e. The third kappa shape index (κ3) is 3.54. The molecule has 0 aliphatic heterocycles. The first-order chi connectivity index (χ1) is 9.56. The molecule has 1 atom stereocenters. The van der Waals surface area contributed by atoms with Gasteiger partial charge in [-0.2, -0.15) is 0 Å². The summed E-state index contributed by atoms with van der Waals surface area (Å²) in [6.45, 7) is 1.69. The lowest BCUT2D eigenvalue weighted by molar-refractivity contribution is 0.249. The van der Waals surface area contributed by atoms with Crippen LogP contribution in [0.3, 0.4) is 0 Å². The third-order valence-electron chi connectivity index (χ3n) is 2.82. The Bertz CT molecular complexity index is 602. The number of urea groups is 1. The number of nitrogens with one attached hydrogen (secondary N) is 2. The van der Waals surface area contributed by atoms with Gasteiger partial charge in [-0.05, 0) is 36.8 Å². The smallest absolute Gasteiger partial charge is 0.319 e. The van der Waals surface area contributed by atoms with E-state index in [1.165, 1.54) is 6.07 Å². The Hall–Kier alpha value is -2.43. The number of para-hydroxylation sites is 1. The first-order valence-electron chi connectivity index (χ1n) is 6.14. The van der Waals surface area contributed by atoms with Gasteiger partial charge < -0.3 is 10.6 Å². The number of amides is 2. The van der Waals surface area contributed by atoms with E-state index >= 15 is 0 Å². The quantitative estimate of drug-likeness (QED) is 0.878. The Morgan fingerprint density at radius 2 is 1.75 bits per heavy atom. The standard InChI is InChI=1S/C15H14F2N2O/c1-10(11-7-8-13(16)14(17)9-11)18-15(20)19-12-5-3-2-4-6-12/h2-10H,1H3,(H2,18,19,20). The summed E-state index contributed by atoms with van der Waals surface area (Å²) in [6.07, 6.45) is 0. The van der Waals surface area contributed by atoms with E-state index in [0.29, 0.717) is 11.3 Å². The van der Waals surface area contributed by atoms with Crippen LogP contribution >= 0.6 is 0 Å². The second-order valence-corrected chi connectivity index (χ2v) is 4.36. The number of halogens is 2. The average Bonchev–Trinajstić information content (AvgIpc) is 2.42. The number of carbonyl (C=O) groups is 1. The average molecular weight is 276 g/mol. The molecule has 0 aliphatic rings. The maximum atomic E-state index is 13.1. The van der Waals surface area contributed by atoms with E-state index in [2.05, 4.69) is 10.6 Å². The molecule has 0 radical (unpaired) electrons. The SMILES string of the molecule is CC(NC(=O)Nc1ccccc1)c1ccc(F)c(F)c1. The van der Waals surface area contributed by atoms with Crippen molar-refractivity contribution in [2.75, 3.05) is 5.32 Å². The zero-order valence-electron chi connectivity index (χ0n) is 10.9. The zero-order valence-corrected chi connectivity index (χ0v) is 10.9. The van der Waals surface area contributed by atoms with Crippen molar-refractivity contribution in [3.05, 3.63) is 65.7 Å². The molecule has 2 aromatic carbocycles. The van der Waals surface area contributed by atoms with Crippen molar-refractivity contribution in [2.45, 2.75) is 13.0 Å². The number of anilines is 1. The molecular formula is C15H14F2N2O. The predicted octanol–water partition coefficient (Wildman–Crippen LogP) is 3.85. The summed E-state index contributed by atoms with van der Waals surface area (Å²) in [6, 6.07) is 11.6. The van der Waals surface area contributed by atoms with Crippen LogP contribution in [0.5, 0.6) is 0 Å². The van der Waals surface area contributed by atoms with Gasteiger partial charge >= 0.3 is 6.03 Å². The van der Waals surface area contributed by atoms with Gasteiger partial charge in [0.1, 0.15) is 0 Å². The van der Waals surface area contributed by atoms with Crippen molar-refractivity contribution in [3.63, 3.8) is 0 Å². The monoisotopic (exact) mass is 276 g/mol. The molecule has 2 N–H and O–H groups in total. The summed E-state index contributed by atoms with van der Waals surface area (Å²) < 4.78 is 26.0. The second-order valence-electron chi connectivity index (χ2n) is 4.36. The highest BCUT2D eigenvalue weighted by Gasteiger charge is 2.11. The lowest BCUT2D eigenvalue weighted by atomic mass is 10.1. The number of carbonyl (C=O) groups excluding carboxylic acids is 1. The van der Waals surface area contributed by atoms with Crippen molar-refractivity contribution in [2.24, 2.45) is 0 Å². The molecule has 0 heterocycles. The molecule has 0 saturated carbocycles. The Labute approximate surface area is 115 Å². The van der Waals surface area contributed by atoms with Gasteiger partial charge in [0.05, 0.1) is 6.04 Å². The van der Waals surface area contributed by atoms with Crippen LogP contribution in [0.25, 0.3) is 0 Å². The predicted molar refractivity (Wildman–Crippen MR) is 73.4 cm³/mol. The molecule has 0 aromatic heterocycles. The van der Waals surface area contributed by atoms with E-state index < -0.39 is 23.7 Å². The molecular weight excluding hydrogens is 262 g/mol. The Balaban J connectivity index is 1.98. The minimum atomic E-state index is -0.931. The summed E-state index contributed by atoms with van der Waals surface area (Å²) in [7, 11) is 0. The molecule has 2 aromatic rings. The zero-order chi connectivity index (χ0) is 14.5. The Morgan fingerprint density at radius 3 is 2.40 bits per heavy atom. The van der Waals surface area contributed by atoms with Gasteiger partial charge in [-0.1, -0.05) is 24.3 Å². The Morgan fingerprint density at radius 1 is 1.05 bits per heavy atom. The first kappa shape index (κ1) is 14.0. The van der Waals surface area contributed by atoms with E-state index in [-0.39, 0.29) is 0 Å². The van der Waals surface area contributed by atoms with E-state index in [1.54, 1.807) is 31.2 Å². The molecule has 2 rings (SSSR count). The van der Waals surface area contributed by atoms with E-state index in [9.17, 15) is 13.6 Å². The highest BCUT2D eigenvalue weighted by molar-refractivity contribution is 5.89. The minimum Gasteiger partial charge on any atom is -0.331 e. The van der Waals surface area contributed by atoms with Crippen LogP contribution in [-0.4, -0.2) is 6.03 Å². The normalized spacial score (nSPS) is 11.8. The third-order valence-corrected chi connectivity index (χ3v) is 2.82. The van der Waals surface area contributed by atoms with Crippen LogP contribution in [0.1, 0.15) is 18.5 Å². The number of hydrogen-bond donors (Lipinski definition) is 2. The van der Waals surface area contributed by atoms with E-state index in [1.807, 2.05) is 6.07 Å². The number of rotatable bonds is 3. The highest BCUT2D eigenvalue weighted by Crippen LogP contribution is 2.16. The minimum absolute atomic E-state index is 0.409. The van der Waals surface area contributed by atoms with Gasteiger partial charge in [0.25, 0.3) is 0 Å². The van der Waals surface area contributed by atoms with Gasteiger partial charge in [0.15, 0.2) is 11.6 Å². The summed E-state index contributed by atoms with van der Waals surface area (Å²) in [5.41, 5.74) is 1.15. The van der Waals surface area contributed by atoms with Crippen molar-refractivity contribution < 1.29 is 13.6 Å². The van der Waals surface area contributed by atoms with Crippen LogP contribution in [-0.2, 0) is 0 Å². The number of benzene rings is 2. The summed E-state index contributed by atoms with van der Waals surface area (Å²) in [4.78, 5) is 11.8. The van der Waals surface area contributed by atoms with Crippen molar-refractivity contribution in [3.8, 4) is 0 Å². The Kier molecular flexibility index (Phi) is 4.30. The molecule has 0 aliphatic carbocycles. The summed E-state index contributed by atoms with van der Waals surface area (Å²) in [5, 5.41) is 5.30. The van der Waals surface area contributed by atoms with Gasteiger partial charge in [-0.25, -0.2) is 13.6 Å². The molecule has 0 bridgehead atoms. The van der Waals surface area contributed by atoms with Gasteiger partial charge in [0, 0.05) is 5.69 Å². The fraction of sp³-hybridized carbons (Fsp3) is 0.133. The van der Waals surface area contributed by atoms with Gasteiger partial charge in [-0.3, -0.25) is 0 Å². The van der Waals surface area contributed by atoms with Crippen LogP contribution in [0.15, 0.2) is 48.5 Å².